The Balaban J connectivity index is 1.90. The zero-order chi connectivity index (χ0) is 12.1. The van der Waals surface area contributed by atoms with E-state index in [0.29, 0.717) is 17.5 Å². The number of aryl methyl sites for hydroxylation is 1. The average molecular weight is 236 g/mol. The summed E-state index contributed by atoms with van der Waals surface area (Å²) in [4.78, 5) is 4.16. The molecule has 0 aliphatic carbocycles. The predicted molar refractivity (Wildman–Crippen MR) is 59.0 cm³/mol. The second-order valence-corrected chi connectivity index (χ2v) is 3.60. The summed E-state index contributed by atoms with van der Waals surface area (Å²) in [5.41, 5.74) is 0. The minimum Gasteiger partial charge on any atom is -0.485 e. The lowest BCUT2D eigenvalue weighted by Crippen LogP contribution is -1.97. The first-order valence-corrected chi connectivity index (χ1v) is 5.47. The molecule has 1 aromatic carbocycles. The molecule has 5 heteroatoms. The van der Waals surface area contributed by atoms with Gasteiger partial charge in [-0.25, -0.2) is 4.39 Å². The highest BCUT2D eigenvalue weighted by molar-refractivity contribution is 5.22. The van der Waals surface area contributed by atoms with E-state index in [4.69, 9.17) is 9.26 Å². The fourth-order valence-corrected chi connectivity index (χ4v) is 1.34. The van der Waals surface area contributed by atoms with Crippen LogP contribution in [0.25, 0.3) is 0 Å². The first-order valence-electron chi connectivity index (χ1n) is 5.47. The Hall–Kier alpha value is -1.91. The Kier molecular flexibility index (Phi) is 3.69. The van der Waals surface area contributed by atoms with Crippen LogP contribution in [0, 0.1) is 5.82 Å². The van der Waals surface area contributed by atoms with Gasteiger partial charge < -0.3 is 9.26 Å². The molecule has 2 rings (SSSR count). The molecule has 17 heavy (non-hydrogen) atoms. The first-order chi connectivity index (χ1) is 8.28. The normalized spacial score (nSPS) is 10.5. The number of rotatable bonds is 5. The van der Waals surface area contributed by atoms with Gasteiger partial charge in [0.05, 0.1) is 0 Å². The summed E-state index contributed by atoms with van der Waals surface area (Å²) in [7, 11) is 0. The fourth-order valence-electron chi connectivity index (χ4n) is 1.34. The summed E-state index contributed by atoms with van der Waals surface area (Å²) in [6, 6.07) is 5.80. The third kappa shape index (κ3) is 3.27. The van der Waals surface area contributed by atoms with Gasteiger partial charge in [-0.15, -0.1) is 0 Å². The van der Waals surface area contributed by atoms with Crippen molar-refractivity contribution in [3.05, 3.63) is 41.8 Å². The maximum Gasteiger partial charge on any atom is 0.226 e. The lowest BCUT2D eigenvalue weighted by atomic mass is 10.3. The number of hydrogen-bond acceptors (Lipinski definition) is 4. The number of nitrogens with zero attached hydrogens (tertiary/aromatic N) is 2. The number of ether oxygens (including phenoxy) is 1. The molecule has 0 N–H and O–H groups in total. The van der Waals surface area contributed by atoms with Crippen molar-refractivity contribution < 1.29 is 13.7 Å². The van der Waals surface area contributed by atoms with Crippen LogP contribution >= 0.6 is 0 Å². The van der Waals surface area contributed by atoms with E-state index in [1.165, 1.54) is 12.1 Å². The zero-order valence-electron chi connectivity index (χ0n) is 9.52. The van der Waals surface area contributed by atoms with Crippen molar-refractivity contribution in [1.82, 2.24) is 10.1 Å². The number of halogens is 1. The molecule has 0 aliphatic heterocycles. The van der Waals surface area contributed by atoms with E-state index in [1.807, 2.05) is 6.92 Å². The fraction of sp³-hybridized carbons (Fsp3) is 0.333. The van der Waals surface area contributed by atoms with Crippen molar-refractivity contribution in [2.24, 2.45) is 0 Å². The van der Waals surface area contributed by atoms with Gasteiger partial charge in [-0.3, -0.25) is 0 Å². The molecule has 0 radical (unpaired) electrons. The molecule has 4 nitrogen and oxygen atoms in total. The maximum absolute atomic E-state index is 12.6. The van der Waals surface area contributed by atoms with Crippen molar-refractivity contribution in [1.29, 1.82) is 0 Å². The van der Waals surface area contributed by atoms with Crippen LogP contribution in [0.1, 0.15) is 25.1 Å². The molecule has 2 aromatic rings. The molecule has 0 unspecified atom stereocenters. The minimum absolute atomic E-state index is 0.221. The van der Waals surface area contributed by atoms with Gasteiger partial charge >= 0.3 is 0 Å². The number of benzene rings is 1. The first kappa shape index (κ1) is 11.6. The molecule has 1 heterocycles. The molecule has 0 saturated carbocycles. The molecule has 0 spiro atoms. The van der Waals surface area contributed by atoms with Crippen molar-refractivity contribution in [3.63, 3.8) is 0 Å². The summed E-state index contributed by atoms with van der Waals surface area (Å²) in [6.07, 6.45) is 1.73. The number of hydrogen-bond donors (Lipinski definition) is 0. The van der Waals surface area contributed by atoms with E-state index in [0.717, 1.165) is 12.8 Å². The van der Waals surface area contributed by atoms with Crippen LogP contribution in [0.4, 0.5) is 4.39 Å². The molecule has 1 aromatic heterocycles. The van der Waals surface area contributed by atoms with Crippen LogP contribution in [-0.2, 0) is 13.0 Å². The second kappa shape index (κ2) is 5.43. The maximum atomic E-state index is 12.6. The molecule has 0 bridgehead atoms. The zero-order valence-corrected chi connectivity index (χ0v) is 9.52. The largest absolute Gasteiger partial charge is 0.485 e. The molecule has 0 atom stereocenters. The Morgan fingerprint density at radius 3 is 2.76 bits per heavy atom. The Bertz CT molecular complexity index is 468. The van der Waals surface area contributed by atoms with Crippen molar-refractivity contribution >= 4 is 0 Å². The van der Waals surface area contributed by atoms with E-state index in [9.17, 15) is 4.39 Å². The number of aromatic nitrogens is 2. The van der Waals surface area contributed by atoms with Crippen LogP contribution in [-0.4, -0.2) is 10.1 Å². The summed E-state index contributed by atoms with van der Waals surface area (Å²) < 4.78 is 23.0. The molecule has 0 amide bonds. The second-order valence-electron chi connectivity index (χ2n) is 3.60. The Morgan fingerprint density at radius 2 is 2.06 bits per heavy atom. The smallest absolute Gasteiger partial charge is 0.226 e. The molecule has 90 valence electrons. The van der Waals surface area contributed by atoms with Gasteiger partial charge in [0.25, 0.3) is 0 Å². The summed E-state index contributed by atoms with van der Waals surface area (Å²) in [5, 5.41) is 3.78. The third-order valence-electron chi connectivity index (χ3n) is 2.16. The van der Waals surface area contributed by atoms with Gasteiger partial charge in [-0.05, 0) is 30.7 Å². The van der Waals surface area contributed by atoms with Crippen LogP contribution in [0.5, 0.6) is 5.75 Å². The van der Waals surface area contributed by atoms with Gasteiger partial charge in [0, 0.05) is 6.42 Å². The molecule has 0 saturated heterocycles. The van der Waals surface area contributed by atoms with Crippen LogP contribution in [0.15, 0.2) is 28.8 Å². The van der Waals surface area contributed by atoms with Crippen LogP contribution in [0.3, 0.4) is 0 Å². The summed E-state index contributed by atoms with van der Waals surface area (Å²) in [5.74, 6) is 1.40. The highest BCUT2D eigenvalue weighted by Gasteiger charge is 2.05. The van der Waals surface area contributed by atoms with Gasteiger partial charge in [-0.1, -0.05) is 12.1 Å². The molecule has 0 aliphatic rings. The van der Waals surface area contributed by atoms with E-state index in [2.05, 4.69) is 10.1 Å². The highest BCUT2D eigenvalue weighted by atomic mass is 19.1. The topological polar surface area (TPSA) is 48.2 Å². The average Bonchev–Trinajstić information content (AvgIpc) is 2.77. The van der Waals surface area contributed by atoms with Crippen LogP contribution < -0.4 is 4.74 Å². The lowest BCUT2D eigenvalue weighted by molar-refractivity contribution is 0.284. The van der Waals surface area contributed by atoms with Gasteiger partial charge in [-0.2, -0.15) is 4.98 Å². The highest BCUT2D eigenvalue weighted by Crippen LogP contribution is 2.12. The van der Waals surface area contributed by atoms with Gasteiger partial charge in [0.1, 0.15) is 11.6 Å². The summed E-state index contributed by atoms with van der Waals surface area (Å²) >= 11 is 0. The predicted octanol–water partition coefficient (Wildman–Crippen LogP) is 2.74. The van der Waals surface area contributed by atoms with Crippen molar-refractivity contribution in [2.75, 3.05) is 0 Å². The van der Waals surface area contributed by atoms with E-state index in [1.54, 1.807) is 12.1 Å². The van der Waals surface area contributed by atoms with E-state index >= 15 is 0 Å². The lowest BCUT2D eigenvalue weighted by Gasteiger charge is -2.01. The third-order valence-corrected chi connectivity index (χ3v) is 2.16. The van der Waals surface area contributed by atoms with Gasteiger partial charge in [0.15, 0.2) is 6.61 Å². The Morgan fingerprint density at radius 1 is 1.29 bits per heavy atom. The van der Waals surface area contributed by atoms with Gasteiger partial charge in [0.2, 0.25) is 11.7 Å². The molecule has 0 fully saturated rings. The SMILES string of the molecule is CCCc1nc(COc2ccc(F)cc2)no1. The summed E-state index contributed by atoms with van der Waals surface area (Å²) in [6.45, 7) is 2.26. The monoisotopic (exact) mass is 236 g/mol. The van der Waals surface area contributed by atoms with Crippen LogP contribution in [0.2, 0.25) is 0 Å². The minimum atomic E-state index is -0.290. The standard InChI is InChI=1S/C12H13FN2O2/c1-2-3-12-14-11(15-17-12)8-16-10-6-4-9(13)5-7-10/h4-7H,2-3,8H2,1H3. The Labute approximate surface area is 98.4 Å². The van der Waals surface area contributed by atoms with E-state index in [-0.39, 0.29) is 12.4 Å². The van der Waals surface area contributed by atoms with Crippen molar-refractivity contribution in [3.8, 4) is 5.75 Å². The van der Waals surface area contributed by atoms with Crippen molar-refractivity contribution in [2.45, 2.75) is 26.4 Å². The molecular weight excluding hydrogens is 223 g/mol. The molecular formula is C12H13FN2O2. The van der Waals surface area contributed by atoms with E-state index < -0.39 is 0 Å². The quantitative estimate of drug-likeness (QED) is 0.800.